The molecule has 1 heteroatoms. The molecule has 0 aromatic carbocycles. The molecule has 0 saturated heterocycles. The third-order valence-electron chi connectivity index (χ3n) is 7.32. The molecule has 0 amide bonds. The molecule has 3 rings (SSSR count). The van der Waals surface area contributed by atoms with E-state index in [9.17, 15) is 5.11 Å². The van der Waals surface area contributed by atoms with Gasteiger partial charge in [0, 0.05) is 5.41 Å². The average Bonchev–Trinajstić information content (AvgIpc) is 2.72. The molecule has 1 N–H and O–H groups in total. The highest BCUT2D eigenvalue weighted by atomic mass is 16.3. The lowest BCUT2D eigenvalue weighted by atomic mass is 9.42. The van der Waals surface area contributed by atoms with E-state index >= 15 is 0 Å². The Bertz CT molecular complexity index is 398. The summed E-state index contributed by atoms with van der Waals surface area (Å²) in [6.07, 6.45) is 5.48. The third kappa shape index (κ3) is 1.63. The number of aliphatic hydroxyl groups excluding tert-OH is 1. The predicted molar refractivity (Wildman–Crippen MR) is 79.7 cm³/mol. The summed E-state index contributed by atoms with van der Waals surface area (Å²) in [6.45, 7) is 14.2. The zero-order valence-corrected chi connectivity index (χ0v) is 13.1. The monoisotopic (exact) mass is 262 g/mol. The molecule has 19 heavy (non-hydrogen) atoms. The Balaban J connectivity index is 1.85. The van der Waals surface area contributed by atoms with Crippen molar-refractivity contribution in [1.29, 1.82) is 0 Å². The largest absolute Gasteiger partial charge is 0.395 e. The van der Waals surface area contributed by atoms with Gasteiger partial charge in [-0.15, -0.1) is 0 Å². The van der Waals surface area contributed by atoms with E-state index in [4.69, 9.17) is 0 Å². The second kappa shape index (κ2) is 4.10. The van der Waals surface area contributed by atoms with Gasteiger partial charge in [0.2, 0.25) is 0 Å². The smallest absolute Gasteiger partial charge is 0.0524 e. The predicted octanol–water partition coefficient (Wildman–Crippen LogP) is 4.27. The van der Waals surface area contributed by atoms with Gasteiger partial charge in [0.25, 0.3) is 0 Å². The zero-order chi connectivity index (χ0) is 14.0. The summed E-state index contributed by atoms with van der Waals surface area (Å²) in [7, 11) is 0. The first-order chi connectivity index (χ1) is 8.83. The van der Waals surface area contributed by atoms with E-state index in [1.54, 1.807) is 0 Å². The highest BCUT2D eigenvalue weighted by Gasteiger charge is 2.62. The Morgan fingerprint density at radius 3 is 2.58 bits per heavy atom. The molecule has 0 bridgehead atoms. The van der Waals surface area contributed by atoms with E-state index in [-0.39, 0.29) is 5.41 Å². The molecule has 0 heterocycles. The second-order valence-electron chi connectivity index (χ2n) is 8.46. The van der Waals surface area contributed by atoms with Gasteiger partial charge in [0.15, 0.2) is 0 Å². The summed E-state index contributed by atoms with van der Waals surface area (Å²) in [5, 5.41) is 9.76. The van der Waals surface area contributed by atoms with Crippen molar-refractivity contribution in [2.24, 2.45) is 40.4 Å². The third-order valence-corrected chi connectivity index (χ3v) is 7.32. The summed E-state index contributed by atoms with van der Waals surface area (Å²) in [5.74, 6) is 4.03. The number of rotatable bonds is 2. The molecular formula is C18H30O. The van der Waals surface area contributed by atoms with E-state index in [0.29, 0.717) is 23.9 Å². The van der Waals surface area contributed by atoms with Crippen LogP contribution in [0.2, 0.25) is 0 Å². The van der Waals surface area contributed by atoms with Gasteiger partial charge in [-0.25, -0.2) is 0 Å². The molecule has 108 valence electrons. The molecule has 0 aromatic rings. The Morgan fingerprint density at radius 2 is 2.00 bits per heavy atom. The maximum absolute atomic E-state index is 9.76. The van der Waals surface area contributed by atoms with E-state index in [1.165, 1.54) is 31.3 Å². The molecule has 6 atom stereocenters. The summed E-state index contributed by atoms with van der Waals surface area (Å²) in [6, 6.07) is 0. The van der Waals surface area contributed by atoms with Crippen LogP contribution in [0.25, 0.3) is 0 Å². The van der Waals surface area contributed by atoms with Crippen LogP contribution in [0.5, 0.6) is 0 Å². The molecule has 0 aliphatic heterocycles. The second-order valence-corrected chi connectivity index (χ2v) is 8.46. The van der Waals surface area contributed by atoms with Crippen molar-refractivity contribution in [2.45, 2.75) is 53.4 Å². The molecule has 3 saturated carbocycles. The fraction of sp³-hybridized carbons (Fsp3) is 0.889. The summed E-state index contributed by atoms with van der Waals surface area (Å²) < 4.78 is 0. The van der Waals surface area contributed by atoms with Crippen LogP contribution in [0.15, 0.2) is 12.2 Å². The normalized spacial score (nSPS) is 52.8. The fourth-order valence-electron chi connectivity index (χ4n) is 5.83. The Labute approximate surface area is 118 Å². The standard InChI is InChI=1S/C18H30O/c1-11(2)13-6-7-17(4)9-16-14(8-15(13)17)12(3)18(16,5)10-19/h11,13-16,19H,3,6-10H2,1-2,4-5H3/t13-,14-,15-,16-,17+,18+/m0/s1. The topological polar surface area (TPSA) is 20.2 Å². The lowest BCUT2D eigenvalue weighted by Crippen LogP contribution is -2.57. The van der Waals surface area contributed by atoms with Gasteiger partial charge >= 0.3 is 0 Å². The fourth-order valence-corrected chi connectivity index (χ4v) is 5.83. The van der Waals surface area contributed by atoms with E-state index in [0.717, 1.165) is 17.8 Å². The number of hydrogen-bond donors (Lipinski definition) is 1. The number of aliphatic hydroxyl groups is 1. The zero-order valence-electron chi connectivity index (χ0n) is 13.1. The van der Waals surface area contributed by atoms with Crippen molar-refractivity contribution in [1.82, 2.24) is 0 Å². The van der Waals surface area contributed by atoms with Crippen LogP contribution in [0.1, 0.15) is 53.4 Å². The first-order valence-corrected chi connectivity index (χ1v) is 8.13. The van der Waals surface area contributed by atoms with Crippen LogP contribution in [-0.2, 0) is 0 Å². The summed E-state index contributed by atoms with van der Waals surface area (Å²) in [4.78, 5) is 0. The van der Waals surface area contributed by atoms with E-state index < -0.39 is 0 Å². The average molecular weight is 262 g/mol. The van der Waals surface area contributed by atoms with Gasteiger partial charge in [0.05, 0.1) is 6.61 Å². The van der Waals surface area contributed by atoms with E-state index in [2.05, 4.69) is 34.3 Å². The first kappa shape index (κ1) is 13.7. The minimum Gasteiger partial charge on any atom is -0.395 e. The first-order valence-electron chi connectivity index (χ1n) is 8.13. The summed E-state index contributed by atoms with van der Waals surface area (Å²) in [5.41, 5.74) is 1.90. The van der Waals surface area contributed by atoms with Gasteiger partial charge in [-0.3, -0.25) is 0 Å². The van der Waals surface area contributed by atoms with Crippen LogP contribution in [0.4, 0.5) is 0 Å². The van der Waals surface area contributed by atoms with Crippen LogP contribution in [0.3, 0.4) is 0 Å². The van der Waals surface area contributed by atoms with E-state index in [1.807, 2.05) is 0 Å². The summed E-state index contributed by atoms with van der Waals surface area (Å²) >= 11 is 0. The van der Waals surface area contributed by atoms with Gasteiger partial charge in [-0.05, 0) is 60.7 Å². The van der Waals surface area contributed by atoms with Crippen LogP contribution < -0.4 is 0 Å². The molecule has 0 unspecified atom stereocenters. The highest BCUT2D eigenvalue weighted by Crippen LogP contribution is 2.69. The van der Waals surface area contributed by atoms with Crippen molar-refractivity contribution in [2.75, 3.05) is 6.61 Å². The van der Waals surface area contributed by atoms with Gasteiger partial charge < -0.3 is 5.11 Å². The Hall–Kier alpha value is -0.300. The lowest BCUT2D eigenvalue weighted by Gasteiger charge is -2.62. The quantitative estimate of drug-likeness (QED) is 0.737. The van der Waals surface area contributed by atoms with Crippen LogP contribution >= 0.6 is 0 Å². The van der Waals surface area contributed by atoms with Crippen LogP contribution in [-0.4, -0.2) is 11.7 Å². The molecule has 1 nitrogen and oxygen atoms in total. The molecule has 3 fully saturated rings. The van der Waals surface area contributed by atoms with Crippen LogP contribution in [0, 0.1) is 40.4 Å². The van der Waals surface area contributed by atoms with Crippen molar-refractivity contribution in [3.8, 4) is 0 Å². The number of fused-ring (bicyclic) bond motifs is 2. The molecule has 3 aliphatic rings. The molecular weight excluding hydrogens is 232 g/mol. The van der Waals surface area contributed by atoms with Gasteiger partial charge in [0.1, 0.15) is 0 Å². The molecule has 0 radical (unpaired) electrons. The van der Waals surface area contributed by atoms with Crippen molar-refractivity contribution < 1.29 is 5.11 Å². The minimum atomic E-state index is 0.0224. The lowest BCUT2D eigenvalue weighted by molar-refractivity contribution is -0.0834. The molecule has 0 spiro atoms. The Morgan fingerprint density at radius 1 is 1.32 bits per heavy atom. The number of hydrogen-bond acceptors (Lipinski definition) is 1. The van der Waals surface area contributed by atoms with Gasteiger partial charge in [-0.2, -0.15) is 0 Å². The van der Waals surface area contributed by atoms with Gasteiger partial charge in [-0.1, -0.05) is 39.8 Å². The van der Waals surface area contributed by atoms with Crippen molar-refractivity contribution in [3.05, 3.63) is 12.2 Å². The maximum atomic E-state index is 9.76. The van der Waals surface area contributed by atoms with Crippen molar-refractivity contribution >= 4 is 0 Å². The molecule has 3 aliphatic carbocycles. The highest BCUT2D eigenvalue weighted by molar-refractivity contribution is 5.30. The SMILES string of the molecule is C=C1[C@@H]2C[C@H]3[C@H](C(C)C)CC[C@]3(C)C[C@@H]2[C@]1(C)CO. The Kier molecular flexibility index (Phi) is 2.95. The maximum Gasteiger partial charge on any atom is 0.0524 e. The minimum absolute atomic E-state index is 0.0224. The molecule has 0 aromatic heterocycles. The van der Waals surface area contributed by atoms with Crippen molar-refractivity contribution in [3.63, 3.8) is 0 Å².